The van der Waals surface area contributed by atoms with E-state index in [1.165, 1.54) is 0 Å². The van der Waals surface area contributed by atoms with E-state index in [0.717, 1.165) is 4.47 Å². The van der Waals surface area contributed by atoms with Crippen molar-refractivity contribution >= 4 is 40.1 Å². The Bertz CT molecular complexity index is 523. The number of hydrogen-bond donors (Lipinski definition) is 1. The van der Waals surface area contributed by atoms with Gasteiger partial charge in [-0.15, -0.1) is 0 Å². The molecule has 0 bridgehead atoms. The maximum atomic E-state index is 11.3. The van der Waals surface area contributed by atoms with Gasteiger partial charge in [-0.1, -0.05) is 12.1 Å². The Kier molecular flexibility index (Phi) is 1.96. The van der Waals surface area contributed by atoms with Gasteiger partial charge in [0.2, 0.25) is 0 Å². The van der Waals surface area contributed by atoms with Crippen LogP contribution in [0.15, 0.2) is 27.5 Å². The van der Waals surface area contributed by atoms with Gasteiger partial charge in [0.25, 0.3) is 5.56 Å². The van der Waals surface area contributed by atoms with Crippen LogP contribution in [-0.4, -0.2) is 18.0 Å². The zero-order chi connectivity index (χ0) is 9.42. The number of benzene rings is 1. The lowest BCUT2D eigenvalue weighted by Crippen LogP contribution is -2.20. The van der Waals surface area contributed by atoms with Gasteiger partial charge in [-0.05, 0) is 22.0 Å². The average molecular weight is 235 g/mol. The monoisotopic (exact) mass is 234 g/mol. The molecule has 13 heavy (non-hydrogen) atoms. The summed E-state index contributed by atoms with van der Waals surface area (Å²) >= 11 is 3.28. The summed E-state index contributed by atoms with van der Waals surface area (Å²) in [5.74, 6) is 0. The Labute approximate surface area is 83.7 Å². The summed E-state index contributed by atoms with van der Waals surface area (Å²) in [6.07, 6.45) is 0. The molecule has 62 valence electrons. The van der Waals surface area contributed by atoms with Crippen molar-refractivity contribution in [1.29, 1.82) is 0 Å². The average Bonchev–Trinajstić information content (AvgIpc) is 2.12. The highest BCUT2D eigenvalue weighted by atomic mass is 79.9. The zero-order valence-corrected chi connectivity index (χ0v) is 8.13. The third-order valence-corrected chi connectivity index (χ3v) is 2.46. The normalized spacial score (nSPS) is 10.5. The van der Waals surface area contributed by atoms with Crippen LogP contribution in [-0.2, 0) is 0 Å². The van der Waals surface area contributed by atoms with Gasteiger partial charge in [-0.2, -0.15) is 5.10 Å². The van der Waals surface area contributed by atoms with Crippen molar-refractivity contribution < 1.29 is 0 Å². The van der Waals surface area contributed by atoms with Crippen LogP contribution in [0.25, 0.3) is 10.8 Å². The number of rotatable bonds is 0. The first-order valence-corrected chi connectivity index (χ1v) is 4.42. The smallest absolute Gasteiger partial charge is 0.267 e. The van der Waals surface area contributed by atoms with Crippen LogP contribution in [0.1, 0.15) is 0 Å². The lowest BCUT2D eigenvalue weighted by Gasteiger charge is -2.01. The number of fused-ring (bicyclic) bond motifs is 1. The summed E-state index contributed by atoms with van der Waals surface area (Å²) in [6, 6.07) is 5.36. The number of nitrogens with zero attached hydrogens (tertiary/aromatic N) is 1. The van der Waals surface area contributed by atoms with Gasteiger partial charge in [0.1, 0.15) is 7.85 Å². The van der Waals surface area contributed by atoms with E-state index in [0.29, 0.717) is 16.4 Å². The lowest BCUT2D eigenvalue weighted by atomic mass is 9.98. The van der Waals surface area contributed by atoms with E-state index in [2.05, 4.69) is 26.1 Å². The number of halogens is 1. The second-order valence-electron chi connectivity index (χ2n) is 2.60. The fraction of sp³-hybridized carbons (Fsp3) is 0. The maximum absolute atomic E-state index is 11.3. The Balaban J connectivity index is 3.09. The predicted molar refractivity (Wildman–Crippen MR) is 55.5 cm³/mol. The number of aromatic nitrogens is 2. The van der Waals surface area contributed by atoms with Crippen LogP contribution in [0.4, 0.5) is 0 Å². The number of aromatic amines is 1. The van der Waals surface area contributed by atoms with Gasteiger partial charge in [0.05, 0.1) is 5.39 Å². The van der Waals surface area contributed by atoms with Crippen LogP contribution in [0.3, 0.4) is 0 Å². The Morgan fingerprint density at radius 1 is 1.46 bits per heavy atom. The minimum atomic E-state index is -0.239. The summed E-state index contributed by atoms with van der Waals surface area (Å²) in [5.41, 5.74) is 0.0903. The van der Waals surface area contributed by atoms with E-state index in [4.69, 9.17) is 7.85 Å². The van der Waals surface area contributed by atoms with E-state index >= 15 is 0 Å². The van der Waals surface area contributed by atoms with Gasteiger partial charge < -0.3 is 0 Å². The number of hydrogen-bond acceptors (Lipinski definition) is 2. The topological polar surface area (TPSA) is 45.8 Å². The molecule has 0 aliphatic carbocycles. The predicted octanol–water partition coefficient (Wildman–Crippen LogP) is 0.479. The molecule has 2 radical (unpaired) electrons. The Hall–Kier alpha value is -1.10. The molecule has 0 aliphatic heterocycles. The molecule has 1 heterocycles. The van der Waals surface area contributed by atoms with Crippen LogP contribution in [0.2, 0.25) is 0 Å². The summed E-state index contributed by atoms with van der Waals surface area (Å²) < 4.78 is 0.723. The lowest BCUT2D eigenvalue weighted by molar-refractivity contribution is 1.03. The molecule has 0 fully saturated rings. The van der Waals surface area contributed by atoms with E-state index in [-0.39, 0.29) is 5.56 Å². The third-order valence-electron chi connectivity index (χ3n) is 1.79. The molecular weight excluding hydrogens is 231 g/mol. The highest BCUT2D eigenvalue weighted by Gasteiger charge is 2.04. The Morgan fingerprint density at radius 3 is 2.92 bits per heavy atom. The third kappa shape index (κ3) is 1.29. The quantitative estimate of drug-likeness (QED) is 0.675. The van der Waals surface area contributed by atoms with Crippen LogP contribution in [0.5, 0.6) is 0 Å². The van der Waals surface area contributed by atoms with Crippen molar-refractivity contribution in [2.45, 2.75) is 0 Å². The SMILES string of the molecule is [B]c1n[nH]c(=O)c2c(Br)cccc12. The second-order valence-corrected chi connectivity index (χ2v) is 3.45. The molecule has 5 heteroatoms. The molecule has 0 unspecified atom stereocenters. The van der Waals surface area contributed by atoms with Crippen molar-refractivity contribution in [1.82, 2.24) is 10.2 Å². The molecule has 0 atom stereocenters. The molecular formula is C8H4BBrN2O. The van der Waals surface area contributed by atoms with Crippen molar-refractivity contribution in [3.05, 3.63) is 33.0 Å². The van der Waals surface area contributed by atoms with Crippen molar-refractivity contribution in [3.8, 4) is 0 Å². The van der Waals surface area contributed by atoms with Gasteiger partial charge in [-0.3, -0.25) is 4.79 Å². The van der Waals surface area contributed by atoms with E-state index in [1.807, 2.05) is 6.07 Å². The number of H-pyrrole nitrogens is 1. The minimum Gasteiger partial charge on any atom is -0.267 e. The van der Waals surface area contributed by atoms with Crippen LogP contribution >= 0.6 is 15.9 Å². The molecule has 0 spiro atoms. The summed E-state index contributed by atoms with van der Waals surface area (Å²) in [7, 11) is 5.59. The molecule has 2 aromatic rings. The van der Waals surface area contributed by atoms with E-state index < -0.39 is 0 Å². The molecule has 0 saturated carbocycles. The van der Waals surface area contributed by atoms with Gasteiger partial charge in [0.15, 0.2) is 0 Å². The van der Waals surface area contributed by atoms with Crippen molar-refractivity contribution in [2.24, 2.45) is 0 Å². The van der Waals surface area contributed by atoms with Gasteiger partial charge in [0, 0.05) is 15.5 Å². The standard InChI is InChI=1S/C8H4BBrN2O/c9-7-4-2-1-3-5(10)6(4)8(13)12-11-7/h1-3H,(H,12,13). The highest BCUT2D eigenvalue weighted by molar-refractivity contribution is 9.10. The molecule has 0 amide bonds. The molecule has 0 aliphatic rings. The molecule has 1 N–H and O–H groups in total. The fourth-order valence-corrected chi connectivity index (χ4v) is 1.74. The highest BCUT2D eigenvalue weighted by Crippen LogP contribution is 2.17. The van der Waals surface area contributed by atoms with Crippen molar-refractivity contribution in [3.63, 3.8) is 0 Å². The largest absolute Gasteiger partial charge is 0.273 e. The van der Waals surface area contributed by atoms with E-state index in [1.54, 1.807) is 12.1 Å². The molecule has 1 aromatic heterocycles. The van der Waals surface area contributed by atoms with Crippen LogP contribution in [0, 0.1) is 0 Å². The van der Waals surface area contributed by atoms with Gasteiger partial charge in [-0.25, -0.2) is 5.10 Å². The molecule has 3 nitrogen and oxygen atoms in total. The fourth-order valence-electron chi connectivity index (χ4n) is 1.20. The summed E-state index contributed by atoms with van der Waals surface area (Å²) in [5, 5.41) is 7.19. The maximum Gasteiger partial charge on any atom is 0.273 e. The molecule has 1 aromatic carbocycles. The zero-order valence-electron chi connectivity index (χ0n) is 6.54. The molecule has 0 saturated heterocycles. The minimum absolute atomic E-state index is 0.239. The van der Waals surface area contributed by atoms with E-state index in [9.17, 15) is 4.79 Å². The first-order valence-electron chi connectivity index (χ1n) is 3.62. The summed E-state index contributed by atoms with van der Waals surface area (Å²) in [6.45, 7) is 0. The molecule has 2 rings (SSSR count). The Morgan fingerprint density at radius 2 is 2.23 bits per heavy atom. The van der Waals surface area contributed by atoms with Gasteiger partial charge >= 0.3 is 0 Å². The second kappa shape index (κ2) is 2.99. The number of nitrogens with one attached hydrogen (secondary N) is 1. The van der Waals surface area contributed by atoms with Crippen molar-refractivity contribution in [2.75, 3.05) is 0 Å². The first-order chi connectivity index (χ1) is 6.20. The first kappa shape index (κ1) is 8.50. The summed E-state index contributed by atoms with van der Waals surface area (Å²) in [4.78, 5) is 11.3. The van der Waals surface area contributed by atoms with Crippen LogP contribution < -0.4 is 11.2 Å².